The van der Waals surface area contributed by atoms with Crippen LogP contribution in [0.1, 0.15) is 39.2 Å². The first-order valence-corrected chi connectivity index (χ1v) is 11.6. The summed E-state index contributed by atoms with van der Waals surface area (Å²) >= 11 is 6.00. The number of rotatable bonds is 5. The number of ether oxygens (including phenoxy) is 3. The highest BCUT2D eigenvalue weighted by atomic mass is 35.5. The molecule has 1 unspecified atom stereocenters. The molecule has 3 rings (SSSR count). The number of benzene rings is 1. The maximum atomic E-state index is 13.3. The third kappa shape index (κ3) is 4.66. The summed E-state index contributed by atoms with van der Waals surface area (Å²) in [6.07, 6.45) is 1.47. The minimum Gasteiger partial charge on any atom is -0.463 e. The molecule has 1 saturated heterocycles. The van der Waals surface area contributed by atoms with Gasteiger partial charge in [0, 0.05) is 11.4 Å². The number of carbonyl (C=O) groups is 1. The number of halogens is 2. The molecule has 1 fully saturated rings. The van der Waals surface area contributed by atoms with Crippen LogP contribution >= 0.6 is 11.6 Å². The first kappa shape index (κ1) is 22.2. The number of hydrogen-bond donors (Lipinski definition) is 0. The molecule has 0 bridgehead atoms. The Morgan fingerprint density at radius 1 is 1.31 bits per heavy atom. The highest BCUT2D eigenvalue weighted by Crippen LogP contribution is 2.41. The molecule has 0 amide bonds. The van der Waals surface area contributed by atoms with Crippen LogP contribution in [0.4, 0.5) is 4.39 Å². The van der Waals surface area contributed by atoms with Gasteiger partial charge in [-0.1, -0.05) is 17.7 Å². The third-order valence-electron chi connectivity index (χ3n) is 5.23. The number of carbonyl (C=O) groups excluding carboxylic acids is 1. The smallest absolute Gasteiger partial charge is 0.335 e. The minimum atomic E-state index is -3.84. The van der Waals surface area contributed by atoms with E-state index in [2.05, 4.69) is 0 Å². The van der Waals surface area contributed by atoms with Gasteiger partial charge < -0.3 is 14.2 Å². The van der Waals surface area contributed by atoms with E-state index in [-0.39, 0.29) is 47.8 Å². The van der Waals surface area contributed by atoms with Crippen LogP contribution in [0.2, 0.25) is 5.02 Å². The minimum absolute atomic E-state index is 0.00219. The highest BCUT2D eigenvalue weighted by Gasteiger charge is 2.49. The van der Waals surface area contributed by atoms with Crippen molar-refractivity contribution >= 4 is 27.4 Å². The van der Waals surface area contributed by atoms with Gasteiger partial charge in [-0.15, -0.1) is 0 Å². The van der Waals surface area contributed by atoms with Gasteiger partial charge in [-0.25, -0.2) is 17.6 Å². The van der Waals surface area contributed by atoms with E-state index in [4.69, 9.17) is 25.8 Å². The lowest BCUT2D eigenvalue weighted by Gasteiger charge is -2.33. The Bertz CT molecular complexity index is 919. The lowest BCUT2D eigenvalue weighted by atomic mass is 9.94. The van der Waals surface area contributed by atoms with Crippen molar-refractivity contribution in [3.63, 3.8) is 0 Å². The molecule has 1 heterocycles. The van der Waals surface area contributed by atoms with E-state index in [1.54, 1.807) is 6.92 Å². The van der Waals surface area contributed by atoms with E-state index in [0.717, 1.165) is 12.1 Å². The Balaban J connectivity index is 1.95. The lowest BCUT2D eigenvalue weighted by molar-refractivity contribution is -0.149. The second-order valence-electron chi connectivity index (χ2n) is 7.35. The SMILES string of the molecule is CCOC(=O)C1=CC2(CCC1S(=O)(=O)Cc1ccc(F)cc1Cl)O[C@H](C)[C@@H](C)O2. The summed E-state index contributed by atoms with van der Waals surface area (Å²) < 4.78 is 56.5. The predicted molar refractivity (Wildman–Crippen MR) is 106 cm³/mol. The van der Waals surface area contributed by atoms with Crippen LogP contribution in [0.5, 0.6) is 0 Å². The van der Waals surface area contributed by atoms with E-state index in [0.29, 0.717) is 0 Å². The maximum Gasteiger partial charge on any atom is 0.335 e. The number of esters is 1. The van der Waals surface area contributed by atoms with Crippen LogP contribution in [0.25, 0.3) is 0 Å². The second kappa shape index (κ2) is 8.34. The molecule has 1 aromatic carbocycles. The molecule has 0 saturated carbocycles. The van der Waals surface area contributed by atoms with Crippen molar-refractivity contribution in [3.05, 3.63) is 46.3 Å². The molecule has 1 aliphatic heterocycles. The summed E-state index contributed by atoms with van der Waals surface area (Å²) in [5, 5.41) is -1.07. The first-order valence-electron chi connectivity index (χ1n) is 9.48. The summed E-state index contributed by atoms with van der Waals surface area (Å²) in [6, 6.07) is 3.55. The van der Waals surface area contributed by atoms with E-state index in [1.165, 1.54) is 12.1 Å². The van der Waals surface area contributed by atoms with Gasteiger partial charge in [-0.2, -0.15) is 0 Å². The van der Waals surface area contributed by atoms with Crippen molar-refractivity contribution in [2.24, 2.45) is 0 Å². The van der Waals surface area contributed by atoms with E-state index >= 15 is 0 Å². The van der Waals surface area contributed by atoms with Gasteiger partial charge in [-0.3, -0.25) is 0 Å². The van der Waals surface area contributed by atoms with Gasteiger partial charge in [0.05, 0.1) is 35.4 Å². The normalized spacial score (nSPS) is 26.4. The second-order valence-corrected chi connectivity index (χ2v) is 9.94. The van der Waals surface area contributed by atoms with Crippen molar-refractivity contribution in [1.29, 1.82) is 0 Å². The molecule has 160 valence electrons. The zero-order chi connectivity index (χ0) is 21.4. The zero-order valence-electron chi connectivity index (χ0n) is 16.5. The zero-order valence-corrected chi connectivity index (χ0v) is 18.1. The molecule has 1 aliphatic carbocycles. The van der Waals surface area contributed by atoms with Crippen LogP contribution in [0, 0.1) is 5.82 Å². The molecule has 3 atom stereocenters. The molecule has 0 aromatic heterocycles. The Morgan fingerprint density at radius 3 is 2.55 bits per heavy atom. The van der Waals surface area contributed by atoms with Crippen LogP contribution in [-0.2, 0) is 34.6 Å². The van der Waals surface area contributed by atoms with E-state index < -0.39 is 38.4 Å². The molecule has 1 aromatic rings. The fourth-order valence-corrected chi connectivity index (χ4v) is 5.89. The molecule has 0 radical (unpaired) electrons. The monoisotopic (exact) mass is 446 g/mol. The number of hydrogen-bond acceptors (Lipinski definition) is 6. The molecule has 6 nitrogen and oxygen atoms in total. The van der Waals surface area contributed by atoms with Gasteiger partial charge in [0.15, 0.2) is 15.6 Å². The predicted octanol–water partition coefficient (Wildman–Crippen LogP) is 3.57. The summed E-state index contributed by atoms with van der Waals surface area (Å²) in [6.45, 7) is 5.47. The largest absolute Gasteiger partial charge is 0.463 e. The first-order chi connectivity index (χ1) is 13.6. The summed E-state index contributed by atoms with van der Waals surface area (Å²) in [4.78, 5) is 12.6. The van der Waals surface area contributed by atoms with Crippen LogP contribution in [-0.4, -0.2) is 44.2 Å². The van der Waals surface area contributed by atoms with Crippen LogP contribution < -0.4 is 0 Å². The Labute approximate surface area is 174 Å². The highest BCUT2D eigenvalue weighted by molar-refractivity contribution is 7.91. The fourth-order valence-electron chi connectivity index (χ4n) is 3.66. The van der Waals surface area contributed by atoms with Gasteiger partial charge >= 0.3 is 5.97 Å². The topological polar surface area (TPSA) is 78.9 Å². The van der Waals surface area contributed by atoms with Crippen molar-refractivity contribution in [1.82, 2.24) is 0 Å². The molecule has 9 heteroatoms. The number of sulfone groups is 1. The fraction of sp³-hybridized carbons (Fsp3) is 0.550. The average molecular weight is 447 g/mol. The summed E-state index contributed by atoms with van der Waals surface area (Å²) in [5.74, 6) is -2.83. The van der Waals surface area contributed by atoms with Crippen LogP contribution in [0.15, 0.2) is 29.8 Å². The quantitative estimate of drug-likeness (QED) is 0.643. The molecule has 0 N–H and O–H groups in total. The van der Waals surface area contributed by atoms with E-state index in [1.807, 2.05) is 13.8 Å². The molecule has 1 spiro atoms. The lowest BCUT2D eigenvalue weighted by Crippen LogP contribution is -2.41. The molecular formula is C20H24ClFO6S. The molecular weight excluding hydrogens is 423 g/mol. The molecule has 29 heavy (non-hydrogen) atoms. The van der Waals surface area contributed by atoms with Crippen molar-refractivity contribution in [2.45, 2.75) is 62.6 Å². The average Bonchev–Trinajstić information content (AvgIpc) is 2.90. The van der Waals surface area contributed by atoms with Crippen molar-refractivity contribution < 1.29 is 31.8 Å². The molecule has 2 aliphatic rings. The van der Waals surface area contributed by atoms with Gasteiger partial charge in [0.25, 0.3) is 0 Å². The van der Waals surface area contributed by atoms with Gasteiger partial charge in [-0.05, 0) is 51.0 Å². The van der Waals surface area contributed by atoms with E-state index in [9.17, 15) is 17.6 Å². The Hall–Kier alpha value is -1.48. The third-order valence-corrected chi connectivity index (χ3v) is 7.65. The van der Waals surface area contributed by atoms with Crippen molar-refractivity contribution in [2.75, 3.05) is 6.61 Å². The summed E-state index contributed by atoms with van der Waals surface area (Å²) in [7, 11) is -3.84. The standard InChI is InChI=1S/C20H24ClFO6S/c1-4-26-19(23)16-10-20(27-12(2)13(3)28-20)8-7-18(16)29(24,25)11-14-5-6-15(22)9-17(14)21/h5-6,9-10,12-13,18H,4,7-8,11H2,1-3H3/t12-,13-,18?/m1/s1. The summed E-state index contributed by atoms with van der Waals surface area (Å²) in [5.41, 5.74) is 0.268. The Morgan fingerprint density at radius 2 is 1.97 bits per heavy atom. The van der Waals surface area contributed by atoms with Gasteiger partial charge in [0.2, 0.25) is 0 Å². The maximum absolute atomic E-state index is 13.3. The van der Waals surface area contributed by atoms with Crippen LogP contribution in [0.3, 0.4) is 0 Å². The van der Waals surface area contributed by atoms with Crippen molar-refractivity contribution in [3.8, 4) is 0 Å². The van der Waals surface area contributed by atoms with Gasteiger partial charge in [0.1, 0.15) is 5.82 Å². The Kier molecular flexibility index (Phi) is 6.38.